The lowest BCUT2D eigenvalue weighted by atomic mass is 9.95. The van der Waals surface area contributed by atoms with Gasteiger partial charge in [-0.15, -0.1) is 0 Å². The van der Waals surface area contributed by atoms with Crippen LogP contribution in [0.25, 0.3) is 5.76 Å². The Bertz CT molecular complexity index is 1320. The van der Waals surface area contributed by atoms with Gasteiger partial charge in [0, 0.05) is 22.3 Å². The Morgan fingerprint density at radius 2 is 1.66 bits per heavy atom. The van der Waals surface area contributed by atoms with Crippen molar-refractivity contribution in [1.29, 1.82) is 0 Å². The first kappa shape index (κ1) is 24.6. The first-order valence-electron chi connectivity index (χ1n) is 10.9. The van der Waals surface area contributed by atoms with E-state index in [0.29, 0.717) is 27.8 Å². The number of amides is 1. The van der Waals surface area contributed by atoms with Crippen molar-refractivity contribution >= 4 is 46.3 Å². The van der Waals surface area contributed by atoms with Crippen LogP contribution in [0.5, 0.6) is 11.5 Å². The van der Waals surface area contributed by atoms with Gasteiger partial charge in [0.05, 0.1) is 29.9 Å². The van der Waals surface area contributed by atoms with Gasteiger partial charge in [0.1, 0.15) is 5.76 Å². The minimum absolute atomic E-state index is 0.0763. The summed E-state index contributed by atoms with van der Waals surface area (Å²) < 4.78 is 11.3. The van der Waals surface area contributed by atoms with Crippen molar-refractivity contribution < 1.29 is 24.2 Å². The number of Topliss-reactive ketones (excluding diaryl/α,β-unsaturated/α-hetero) is 1. The third-order valence-electron chi connectivity index (χ3n) is 5.55. The number of methoxy groups -OCH3 is 1. The van der Waals surface area contributed by atoms with E-state index >= 15 is 0 Å². The Morgan fingerprint density at radius 1 is 0.971 bits per heavy atom. The Kier molecular flexibility index (Phi) is 7.05. The highest BCUT2D eigenvalue weighted by molar-refractivity contribution is 6.52. The number of ether oxygens (including phenoxy) is 2. The summed E-state index contributed by atoms with van der Waals surface area (Å²) in [4.78, 5) is 28.0. The molecule has 1 aliphatic rings. The lowest BCUT2D eigenvalue weighted by Gasteiger charge is -2.26. The van der Waals surface area contributed by atoms with Crippen molar-refractivity contribution in [1.82, 2.24) is 0 Å². The highest BCUT2D eigenvalue weighted by atomic mass is 35.5. The second-order valence-corrected chi connectivity index (χ2v) is 9.05. The standard InChI is InChI=1S/C27H23Cl2NO5/c1-15(2)35-22-14-18(12-13-21(22)34-3)30-24(16-8-10-17(28)11-9-16)23(26(32)27(30)33)25(31)19-6-4-5-7-20(19)29/h4-15,24,31H,1-3H3. The van der Waals surface area contributed by atoms with E-state index in [-0.39, 0.29) is 28.0 Å². The largest absolute Gasteiger partial charge is 0.507 e. The Balaban J connectivity index is 1.94. The van der Waals surface area contributed by atoms with Crippen molar-refractivity contribution in [3.05, 3.63) is 93.5 Å². The molecule has 1 fully saturated rings. The Labute approximate surface area is 213 Å². The molecular weight excluding hydrogens is 489 g/mol. The van der Waals surface area contributed by atoms with Crippen LogP contribution in [-0.2, 0) is 9.59 Å². The van der Waals surface area contributed by atoms with Gasteiger partial charge in [0.2, 0.25) is 0 Å². The molecule has 0 aromatic heterocycles. The Morgan fingerprint density at radius 3 is 2.29 bits per heavy atom. The number of rotatable bonds is 6. The number of aliphatic hydroxyl groups excluding tert-OH is 1. The molecule has 0 saturated carbocycles. The summed E-state index contributed by atoms with van der Waals surface area (Å²) in [7, 11) is 1.52. The van der Waals surface area contributed by atoms with E-state index in [0.717, 1.165) is 0 Å². The van der Waals surface area contributed by atoms with E-state index in [1.165, 1.54) is 12.0 Å². The lowest BCUT2D eigenvalue weighted by Crippen LogP contribution is -2.29. The van der Waals surface area contributed by atoms with Crippen LogP contribution in [0, 0.1) is 0 Å². The van der Waals surface area contributed by atoms with Gasteiger partial charge in [-0.2, -0.15) is 0 Å². The zero-order valence-electron chi connectivity index (χ0n) is 19.3. The summed E-state index contributed by atoms with van der Waals surface area (Å²) in [6, 6.07) is 17.4. The topological polar surface area (TPSA) is 76.1 Å². The summed E-state index contributed by atoms with van der Waals surface area (Å²) in [6.07, 6.45) is -0.151. The van der Waals surface area contributed by atoms with Crippen molar-refractivity contribution in [3.8, 4) is 11.5 Å². The number of hydrogen-bond acceptors (Lipinski definition) is 5. The van der Waals surface area contributed by atoms with Gasteiger partial charge in [-0.3, -0.25) is 14.5 Å². The van der Waals surface area contributed by atoms with Crippen molar-refractivity contribution in [3.63, 3.8) is 0 Å². The van der Waals surface area contributed by atoms with Gasteiger partial charge in [-0.1, -0.05) is 47.5 Å². The van der Waals surface area contributed by atoms with Crippen LogP contribution in [0.4, 0.5) is 5.69 Å². The second-order valence-electron chi connectivity index (χ2n) is 8.20. The molecule has 8 heteroatoms. The molecule has 0 bridgehead atoms. The summed E-state index contributed by atoms with van der Waals surface area (Å²) in [5.74, 6) is -1.08. The molecule has 0 radical (unpaired) electrons. The summed E-state index contributed by atoms with van der Waals surface area (Å²) in [6.45, 7) is 3.74. The van der Waals surface area contributed by atoms with E-state index in [1.807, 2.05) is 13.8 Å². The van der Waals surface area contributed by atoms with Gasteiger partial charge >= 0.3 is 0 Å². The molecule has 1 heterocycles. The minimum Gasteiger partial charge on any atom is -0.507 e. The van der Waals surface area contributed by atoms with E-state index in [1.54, 1.807) is 66.7 Å². The maximum atomic E-state index is 13.4. The molecule has 0 aliphatic carbocycles. The van der Waals surface area contributed by atoms with E-state index in [2.05, 4.69) is 0 Å². The number of hydrogen-bond donors (Lipinski definition) is 1. The highest BCUT2D eigenvalue weighted by Crippen LogP contribution is 2.45. The minimum atomic E-state index is -0.927. The number of nitrogens with zero attached hydrogens (tertiary/aromatic N) is 1. The third-order valence-corrected chi connectivity index (χ3v) is 6.13. The van der Waals surface area contributed by atoms with Gasteiger partial charge in [0.25, 0.3) is 11.7 Å². The quantitative estimate of drug-likeness (QED) is 0.235. The predicted molar refractivity (Wildman–Crippen MR) is 136 cm³/mol. The number of aliphatic hydroxyl groups is 1. The molecule has 35 heavy (non-hydrogen) atoms. The highest BCUT2D eigenvalue weighted by Gasteiger charge is 2.47. The summed E-state index contributed by atoms with van der Waals surface area (Å²) >= 11 is 12.4. The van der Waals surface area contributed by atoms with Crippen LogP contribution in [0.15, 0.2) is 72.3 Å². The van der Waals surface area contributed by atoms with Gasteiger partial charge in [-0.05, 0) is 55.8 Å². The molecule has 6 nitrogen and oxygen atoms in total. The normalized spacial score (nSPS) is 17.2. The molecule has 3 aromatic carbocycles. The predicted octanol–water partition coefficient (Wildman–Crippen LogP) is 6.42. The van der Waals surface area contributed by atoms with Crippen molar-refractivity contribution in [2.45, 2.75) is 26.0 Å². The summed E-state index contributed by atoms with van der Waals surface area (Å²) in [5.41, 5.74) is 1.17. The molecule has 0 spiro atoms. The van der Waals surface area contributed by atoms with Crippen LogP contribution in [0.1, 0.15) is 31.0 Å². The molecule has 1 aliphatic heterocycles. The average Bonchev–Trinajstić information content (AvgIpc) is 3.09. The average molecular weight is 512 g/mol. The second kappa shape index (κ2) is 10.0. The van der Waals surface area contributed by atoms with Gasteiger partial charge < -0.3 is 14.6 Å². The fraction of sp³-hybridized carbons (Fsp3) is 0.185. The van der Waals surface area contributed by atoms with Crippen LogP contribution in [0.2, 0.25) is 10.0 Å². The van der Waals surface area contributed by atoms with Crippen LogP contribution in [-0.4, -0.2) is 30.0 Å². The van der Waals surface area contributed by atoms with Crippen LogP contribution >= 0.6 is 23.2 Å². The number of benzene rings is 3. The lowest BCUT2D eigenvalue weighted by molar-refractivity contribution is -0.132. The van der Waals surface area contributed by atoms with Crippen LogP contribution < -0.4 is 14.4 Å². The number of carbonyl (C=O) groups excluding carboxylic acids is 2. The molecule has 1 unspecified atom stereocenters. The number of carbonyl (C=O) groups is 2. The molecule has 1 amide bonds. The molecule has 3 aromatic rings. The zero-order chi connectivity index (χ0) is 25.3. The summed E-state index contributed by atoms with van der Waals surface area (Å²) in [5, 5.41) is 12.0. The number of anilines is 1. The van der Waals surface area contributed by atoms with Crippen LogP contribution in [0.3, 0.4) is 0 Å². The molecule has 180 valence electrons. The fourth-order valence-electron chi connectivity index (χ4n) is 4.02. The van der Waals surface area contributed by atoms with E-state index in [4.69, 9.17) is 32.7 Å². The molecule has 4 rings (SSSR count). The molecular formula is C27H23Cl2NO5. The maximum absolute atomic E-state index is 13.4. The van der Waals surface area contributed by atoms with Gasteiger partial charge in [-0.25, -0.2) is 0 Å². The van der Waals surface area contributed by atoms with Crippen molar-refractivity contribution in [2.24, 2.45) is 0 Å². The fourth-order valence-corrected chi connectivity index (χ4v) is 4.37. The maximum Gasteiger partial charge on any atom is 0.300 e. The smallest absolute Gasteiger partial charge is 0.300 e. The van der Waals surface area contributed by atoms with Crippen molar-refractivity contribution in [2.75, 3.05) is 12.0 Å². The van der Waals surface area contributed by atoms with E-state index < -0.39 is 17.7 Å². The molecule has 1 saturated heterocycles. The number of halogens is 2. The first-order valence-corrected chi connectivity index (χ1v) is 11.6. The molecule has 1 N–H and O–H groups in total. The zero-order valence-corrected chi connectivity index (χ0v) is 20.8. The Hall–Kier alpha value is -3.48. The van der Waals surface area contributed by atoms with Gasteiger partial charge in [0.15, 0.2) is 11.5 Å². The first-order chi connectivity index (χ1) is 16.7. The molecule has 1 atom stereocenters. The SMILES string of the molecule is COc1ccc(N2C(=O)C(=O)C(=C(O)c3ccccc3Cl)C2c2ccc(Cl)cc2)cc1OC(C)C. The third kappa shape index (κ3) is 4.72. The number of ketones is 1. The van der Waals surface area contributed by atoms with E-state index in [9.17, 15) is 14.7 Å². The monoisotopic (exact) mass is 511 g/mol.